The number of aliphatic hydroxyl groups is 1. The fourth-order valence-corrected chi connectivity index (χ4v) is 5.26. The van der Waals surface area contributed by atoms with E-state index in [0.717, 1.165) is 22.4 Å². The highest BCUT2D eigenvalue weighted by atomic mass is 32.2. The first-order valence-electron chi connectivity index (χ1n) is 12.5. The molecule has 1 rings (SSSR count). The van der Waals surface area contributed by atoms with Gasteiger partial charge >= 0.3 is 0 Å². The van der Waals surface area contributed by atoms with E-state index in [9.17, 15) is 31.5 Å². The quantitative estimate of drug-likeness (QED) is 0.225. The molecule has 4 atom stereocenters. The van der Waals surface area contributed by atoms with Gasteiger partial charge in [-0.3, -0.25) is 9.59 Å². The van der Waals surface area contributed by atoms with Gasteiger partial charge in [0.15, 0.2) is 9.84 Å². The molecule has 0 aromatic heterocycles. The van der Waals surface area contributed by atoms with E-state index in [-0.39, 0.29) is 25.4 Å². The van der Waals surface area contributed by atoms with Crippen LogP contribution in [0.2, 0.25) is 0 Å². The van der Waals surface area contributed by atoms with Crippen LogP contribution in [-0.2, 0) is 35.9 Å². The predicted octanol–water partition coefficient (Wildman–Crippen LogP) is -0.0917. The van der Waals surface area contributed by atoms with Crippen LogP contribution >= 0.6 is 0 Å². The average Bonchev–Trinajstić information content (AvgIpc) is 2.79. The Labute approximate surface area is 227 Å². The zero-order valence-corrected chi connectivity index (χ0v) is 25.2. The largest absolute Gasteiger partial charge is 0.390 e. The minimum atomic E-state index is -3.84. The second-order valence-corrected chi connectivity index (χ2v) is 15.3. The van der Waals surface area contributed by atoms with E-state index >= 15 is 0 Å². The minimum absolute atomic E-state index is 0.0107. The van der Waals surface area contributed by atoms with Gasteiger partial charge in [-0.1, -0.05) is 44.2 Å². The zero-order chi connectivity index (χ0) is 29.5. The van der Waals surface area contributed by atoms with Crippen molar-refractivity contribution < 1.29 is 31.5 Å². The van der Waals surface area contributed by atoms with Gasteiger partial charge in [0.25, 0.3) is 0 Å². The summed E-state index contributed by atoms with van der Waals surface area (Å²) in [5.41, 5.74) is 0.762. The molecule has 2 amide bonds. The molecule has 0 radical (unpaired) electrons. The molecule has 0 aliphatic rings. The number of nitrogens with zero attached hydrogens (tertiary/aromatic N) is 1. The lowest BCUT2D eigenvalue weighted by Gasteiger charge is -2.35. The molecule has 0 aliphatic heterocycles. The van der Waals surface area contributed by atoms with Crippen molar-refractivity contribution in [3.05, 3.63) is 35.9 Å². The first-order chi connectivity index (χ1) is 17.3. The van der Waals surface area contributed by atoms with E-state index in [1.807, 2.05) is 19.9 Å². The Morgan fingerprint density at radius 2 is 1.50 bits per heavy atom. The Hall–Kier alpha value is -2.06. The summed E-state index contributed by atoms with van der Waals surface area (Å²) in [5, 5.41) is 19.2. The van der Waals surface area contributed by atoms with Crippen LogP contribution in [0.4, 0.5) is 0 Å². The monoisotopic (exact) mass is 576 g/mol. The molecule has 0 saturated carbocycles. The van der Waals surface area contributed by atoms with Gasteiger partial charge < -0.3 is 21.1 Å². The van der Waals surface area contributed by atoms with Crippen LogP contribution < -0.4 is 16.0 Å². The van der Waals surface area contributed by atoms with Crippen LogP contribution in [0.3, 0.4) is 0 Å². The standard InChI is InChI=1S/C25H44N4O7S2/c1-17(2)15-29(38(8,35)36)16-21(30)20(14-19-12-10-9-11-13-19)27-24(32)22(25(4,5)37(7,33)34)28-23(31)18(3)26-6/h9-13,17-18,20-22,26,30H,14-16H2,1-8H3,(H,27,32)(H,28,31)/t18?,20-,21?,22?/m0/s1. The van der Waals surface area contributed by atoms with E-state index in [2.05, 4.69) is 16.0 Å². The number of aliphatic hydroxyl groups excluding tert-OH is 1. The summed E-state index contributed by atoms with van der Waals surface area (Å²) in [4.78, 5) is 26.3. The molecule has 1 aromatic rings. The SMILES string of the molecule is CNC(C)C(=O)NC(C(=O)N[C@@H](Cc1ccccc1)C(O)CN(CC(C)C)S(C)(=O)=O)C(C)(C)S(C)(=O)=O. The summed E-state index contributed by atoms with van der Waals surface area (Å²) in [5.74, 6) is -1.40. The zero-order valence-electron chi connectivity index (χ0n) is 23.6. The Balaban J connectivity index is 3.42. The van der Waals surface area contributed by atoms with Crippen molar-refractivity contribution in [2.45, 2.75) is 70.0 Å². The number of carbonyl (C=O) groups excluding carboxylic acids is 2. The first kappa shape index (κ1) is 34.0. The van der Waals surface area contributed by atoms with Crippen LogP contribution in [0.1, 0.15) is 40.2 Å². The summed E-state index contributed by atoms with van der Waals surface area (Å²) < 4.78 is 49.4. The molecule has 38 heavy (non-hydrogen) atoms. The summed E-state index contributed by atoms with van der Waals surface area (Å²) in [6, 6.07) is 5.79. The molecule has 0 aliphatic carbocycles. The van der Waals surface area contributed by atoms with Gasteiger partial charge in [-0.25, -0.2) is 16.8 Å². The fourth-order valence-electron chi connectivity index (χ4n) is 3.67. The molecule has 11 nitrogen and oxygen atoms in total. The maximum Gasteiger partial charge on any atom is 0.244 e. The molecule has 1 aromatic carbocycles. The molecule has 4 N–H and O–H groups in total. The molecular formula is C25H44N4O7S2. The van der Waals surface area contributed by atoms with Crippen molar-refractivity contribution in [1.29, 1.82) is 0 Å². The number of sulfone groups is 1. The normalized spacial score (nSPS) is 16.1. The van der Waals surface area contributed by atoms with E-state index in [1.54, 1.807) is 38.2 Å². The average molecular weight is 577 g/mol. The number of hydrogen-bond acceptors (Lipinski definition) is 8. The number of carbonyl (C=O) groups is 2. The van der Waals surface area contributed by atoms with Gasteiger partial charge in [-0.2, -0.15) is 4.31 Å². The van der Waals surface area contributed by atoms with Gasteiger partial charge in [0.2, 0.25) is 21.8 Å². The molecule has 3 unspecified atom stereocenters. The first-order valence-corrected chi connectivity index (χ1v) is 16.2. The number of benzene rings is 1. The van der Waals surface area contributed by atoms with Crippen molar-refractivity contribution in [1.82, 2.24) is 20.3 Å². The second-order valence-electron chi connectivity index (χ2n) is 10.7. The van der Waals surface area contributed by atoms with E-state index in [1.165, 1.54) is 13.8 Å². The van der Waals surface area contributed by atoms with Crippen molar-refractivity contribution in [3.8, 4) is 0 Å². The fraction of sp³-hybridized carbons (Fsp3) is 0.680. The Kier molecular flexibility index (Phi) is 12.4. The molecule has 13 heteroatoms. The van der Waals surface area contributed by atoms with Crippen molar-refractivity contribution in [3.63, 3.8) is 0 Å². The van der Waals surface area contributed by atoms with Crippen LogP contribution in [0.15, 0.2) is 30.3 Å². The summed E-state index contributed by atoms with van der Waals surface area (Å²) in [6.07, 6.45) is 0.838. The van der Waals surface area contributed by atoms with E-state index < -0.39 is 60.7 Å². The molecular weight excluding hydrogens is 532 g/mol. The van der Waals surface area contributed by atoms with E-state index in [0.29, 0.717) is 0 Å². The molecule has 0 spiro atoms. The topological polar surface area (TPSA) is 162 Å². The number of nitrogens with one attached hydrogen (secondary N) is 3. The third-order valence-electron chi connectivity index (χ3n) is 6.54. The molecule has 218 valence electrons. The maximum absolute atomic E-state index is 13.6. The van der Waals surface area contributed by atoms with Crippen LogP contribution in [-0.4, -0.2) is 99.7 Å². The third-order valence-corrected chi connectivity index (χ3v) is 9.93. The lowest BCUT2D eigenvalue weighted by molar-refractivity contribution is -0.131. The predicted molar refractivity (Wildman–Crippen MR) is 149 cm³/mol. The minimum Gasteiger partial charge on any atom is -0.390 e. The molecule has 0 saturated heterocycles. The Morgan fingerprint density at radius 1 is 0.947 bits per heavy atom. The lowest BCUT2D eigenvalue weighted by Crippen LogP contribution is -2.64. The summed E-state index contributed by atoms with van der Waals surface area (Å²) in [7, 11) is -5.94. The van der Waals surface area contributed by atoms with Crippen LogP contribution in [0.5, 0.6) is 0 Å². The highest BCUT2D eigenvalue weighted by Crippen LogP contribution is 2.22. The third kappa shape index (κ3) is 9.92. The van der Waals surface area contributed by atoms with Crippen molar-refractivity contribution in [2.75, 3.05) is 32.6 Å². The number of hydrogen-bond donors (Lipinski definition) is 4. The van der Waals surface area contributed by atoms with E-state index in [4.69, 9.17) is 0 Å². The van der Waals surface area contributed by atoms with Crippen LogP contribution in [0.25, 0.3) is 0 Å². The number of likely N-dealkylation sites (N-methyl/N-ethyl adjacent to an activating group) is 1. The van der Waals surface area contributed by atoms with Crippen LogP contribution in [0, 0.1) is 5.92 Å². The smallest absolute Gasteiger partial charge is 0.244 e. The Bertz CT molecular complexity index is 1140. The van der Waals surface area contributed by atoms with Gasteiger partial charge in [0.05, 0.1) is 29.2 Å². The van der Waals surface area contributed by atoms with Gasteiger partial charge in [0, 0.05) is 19.3 Å². The second kappa shape index (κ2) is 13.8. The number of amides is 2. The molecule has 0 bridgehead atoms. The maximum atomic E-state index is 13.6. The Morgan fingerprint density at radius 3 is 1.95 bits per heavy atom. The number of sulfonamides is 1. The van der Waals surface area contributed by atoms with Crippen molar-refractivity contribution >= 4 is 31.7 Å². The van der Waals surface area contributed by atoms with Gasteiger partial charge in [-0.05, 0) is 45.7 Å². The highest BCUT2D eigenvalue weighted by molar-refractivity contribution is 7.92. The number of rotatable bonds is 15. The summed E-state index contributed by atoms with van der Waals surface area (Å²) >= 11 is 0. The highest BCUT2D eigenvalue weighted by Gasteiger charge is 2.45. The van der Waals surface area contributed by atoms with Gasteiger partial charge in [-0.15, -0.1) is 0 Å². The van der Waals surface area contributed by atoms with Crippen molar-refractivity contribution in [2.24, 2.45) is 5.92 Å². The lowest BCUT2D eigenvalue weighted by atomic mass is 9.97. The molecule has 0 heterocycles. The molecule has 0 fully saturated rings. The summed E-state index contributed by atoms with van der Waals surface area (Å²) in [6.45, 7) is 7.83. The van der Waals surface area contributed by atoms with Gasteiger partial charge in [0.1, 0.15) is 6.04 Å².